The molecule has 4 nitrogen and oxygen atoms in total. The molecule has 0 aliphatic heterocycles. The summed E-state index contributed by atoms with van der Waals surface area (Å²) in [6.45, 7) is 7.62. The number of hydrogen-bond acceptors (Lipinski definition) is 3. The zero-order valence-electron chi connectivity index (χ0n) is 12.4. The van der Waals surface area contributed by atoms with Crippen molar-refractivity contribution in [3.63, 3.8) is 0 Å². The second-order valence-corrected chi connectivity index (χ2v) is 6.29. The molecule has 1 aliphatic carbocycles. The summed E-state index contributed by atoms with van der Waals surface area (Å²) in [5, 5.41) is 0. The average molecular weight is 280 g/mol. The zero-order valence-corrected chi connectivity index (χ0v) is 12.4. The fourth-order valence-electron chi connectivity index (χ4n) is 1.95. The topological polar surface area (TPSA) is 42.4 Å². The number of nitrogens with zero attached hydrogens (tertiary/aromatic N) is 2. The number of hydrogen-bond donors (Lipinski definition) is 0. The maximum atomic E-state index is 13.2. The van der Waals surface area contributed by atoms with Crippen LogP contribution in [-0.2, 0) is 11.3 Å². The molecular formula is C15H21FN2O2. The zero-order chi connectivity index (χ0) is 14.9. The Morgan fingerprint density at radius 3 is 2.65 bits per heavy atom. The summed E-state index contributed by atoms with van der Waals surface area (Å²) in [7, 11) is 0. The predicted octanol–water partition coefficient (Wildman–Crippen LogP) is 3.43. The molecule has 0 atom stereocenters. The summed E-state index contributed by atoms with van der Waals surface area (Å²) in [6, 6.07) is 1.96. The van der Waals surface area contributed by atoms with Gasteiger partial charge < -0.3 is 9.64 Å². The fraction of sp³-hybridized carbons (Fsp3) is 0.600. The Balaban J connectivity index is 2.09. The van der Waals surface area contributed by atoms with Crippen LogP contribution in [-0.4, -0.2) is 27.6 Å². The number of halogens is 1. The SMILES string of the molecule is Cc1cc(CN(C(=O)OC(C)(C)C)C2CC2)cnc1F. The highest BCUT2D eigenvalue weighted by atomic mass is 19.1. The van der Waals surface area contributed by atoms with Gasteiger partial charge in [0.2, 0.25) is 5.95 Å². The number of ether oxygens (including phenoxy) is 1. The second kappa shape index (κ2) is 5.38. The molecule has 5 heteroatoms. The van der Waals surface area contributed by atoms with E-state index in [1.807, 2.05) is 20.8 Å². The monoisotopic (exact) mass is 280 g/mol. The van der Waals surface area contributed by atoms with E-state index in [1.54, 1.807) is 17.9 Å². The highest BCUT2D eigenvalue weighted by Crippen LogP contribution is 2.30. The predicted molar refractivity (Wildman–Crippen MR) is 73.7 cm³/mol. The Labute approximate surface area is 118 Å². The number of amides is 1. The molecule has 1 aliphatic rings. The van der Waals surface area contributed by atoms with E-state index < -0.39 is 11.5 Å². The van der Waals surface area contributed by atoms with E-state index in [-0.39, 0.29) is 12.1 Å². The van der Waals surface area contributed by atoms with Crippen molar-refractivity contribution in [1.82, 2.24) is 9.88 Å². The van der Waals surface area contributed by atoms with Crippen molar-refractivity contribution in [2.24, 2.45) is 0 Å². The molecule has 1 aromatic heterocycles. The van der Waals surface area contributed by atoms with Crippen molar-refractivity contribution >= 4 is 6.09 Å². The summed E-state index contributed by atoms with van der Waals surface area (Å²) in [6.07, 6.45) is 3.14. The molecule has 0 saturated heterocycles. The van der Waals surface area contributed by atoms with E-state index in [1.165, 1.54) is 6.20 Å². The van der Waals surface area contributed by atoms with Crippen LogP contribution in [0.5, 0.6) is 0 Å². The van der Waals surface area contributed by atoms with Crippen molar-refractivity contribution in [2.45, 2.75) is 58.7 Å². The first-order valence-corrected chi connectivity index (χ1v) is 6.87. The standard InChI is InChI=1S/C15H21FN2O2/c1-10-7-11(8-17-13(10)16)9-18(12-5-6-12)14(19)20-15(2,3)4/h7-8,12H,5-6,9H2,1-4H3. The lowest BCUT2D eigenvalue weighted by Gasteiger charge is -2.27. The Morgan fingerprint density at radius 2 is 2.15 bits per heavy atom. The van der Waals surface area contributed by atoms with Crippen LogP contribution in [0, 0.1) is 12.9 Å². The van der Waals surface area contributed by atoms with Gasteiger partial charge in [-0.1, -0.05) is 0 Å². The minimum atomic E-state index is -0.513. The van der Waals surface area contributed by atoms with E-state index in [0.29, 0.717) is 12.1 Å². The smallest absolute Gasteiger partial charge is 0.410 e. The molecule has 0 unspecified atom stereocenters. The van der Waals surface area contributed by atoms with Gasteiger partial charge in [-0.25, -0.2) is 9.78 Å². The molecule has 1 saturated carbocycles. The van der Waals surface area contributed by atoms with Gasteiger partial charge in [0.05, 0.1) is 6.54 Å². The largest absolute Gasteiger partial charge is 0.444 e. The average Bonchev–Trinajstić information content (AvgIpc) is 3.12. The summed E-state index contributed by atoms with van der Waals surface area (Å²) >= 11 is 0. The third kappa shape index (κ3) is 3.92. The minimum absolute atomic E-state index is 0.232. The highest BCUT2D eigenvalue weighted by Gasteiger charge is 2.35. The van der Waals surface area contributed by atoms with Crippen molar-refractivity contribution in [3.05, 3.63) is 29.3 Å². The molecular weight excluding hydrogens is 259 g/mol. The minimum Gasteiger partial charge on any atom is -0.444 e. The Kier molecular flexibility index (Phi) is 3.97. The number of carbonyl (C=O) groups is 1. The van der Waals surface area contributed by atoms with Gasteiger partial charge in [-0.3, -0.25) is 0 Å². The van der Waals surface area contributed by atoms with Crippen molar-refractivity contribution in [1.29, 1.82) is 0 Å². The van der Waals surface area contributed by atoms with Gasteiger partial charge >= 0.3 is 6.09 Å². The number of aryl methyl sites for hydroxylation is 1. The van der Waals surface area contributed by atoms with Crippen LogP contribution in [0.3, 0.4) is 0 Å². The van der Waals surface area contributed by atoms with E-state index in [0.717, 1.165) is 18.4 Å². The lowest BCUT2D eigenvalue weighted by Crippen LogP contribution is -2.37. The molecule has 1 heterocycles. The van der Waals surface area contributed by atoms with Gasteiger partial charge in [0.25, 0.3) is 0 Å². The van der Waals surface area contributed by atoms with Crippen LogP contribution < -0.4 is 0 Å². The van der Waals surface area contributed by atoms with Crippen LogP contribution in [0.25, 0.3) is 0 Å². The molecule has 0 N–H and O–H groups in total. The molecule has 0 aromatic carbocycles. The van der Waals surface area contributed by atoms with Gasteiger partial charge in [-0.2, -0.15) is 4.39 Å². The van der Waals surface area contributed by atoms with Crippen LogP contribution in [0.15, 0.2) is 12.3 Å². The lowest BCUT2D eigenvalue weighted by molar-refractivity contribution is 0.0216. The molecule has 20 heavy (non-hydrogen) atoms. The van der Waals surface area contributed by atoms with Gasteiger partial charge in [0.1, 0.15) is 5.60 Å². The molecule has 0 radical (unpaired) electrons. The van der Waals surface area contributed by atoms with Crippen molar-refractivity contribution in [2.75, 3.05) is 0 Å². The molecule has 0 bridgehead atoms. The fourth-order valence-corrected chi connectivity index (χ4v) is 1.95. The Hall–Kier alpha value is -1.65. The number of rotatable bonds is 3. The molecule has 1 amide bonds. The van der Waals surface area contributed by atoms with E-state index >= 15 is 0 Å². The van der Waals surface area contributed by atoms with Crippen LogP contribution >= 0.6 is 0 Å². The summed E-state index contributed by atoms with van der Waals surface area (Å²) < 4.78 is 18.6. The number of pyridine rings is 1. The summed E-state index contributed by atoms with van der Waals surface area (Å²) in [5.74, 6) is -0.469. The first kappa shape index (κ1) is 14.8. The van der Waals surface area contributed by atoms with E-state index in [9.17, 15) is 9.18 Å². The second-order valence-electron chi connectivity index (χ2n) is 6.29. The molecule has 1 aromatic rings. The van der Waals surface area contributed by atoms with Crippen molar-refractivity contribution < 1.29 is 13.9 Å². The highest BCUT2D eigenvalue weighted by molar-refractivity contribution is 5.69. The van der Waals surface area contributed by atoms with Gasteiger partial charge in [-0.05, 0) is 52.2 Å². The van der Waals surface area contributed by atoms with Crippen LogP contribution in [0.1, 0.15) is 44.7 Å². The third-order valence-electron chi connectivity index (χ3n) is 3.04. The molecule has 1 fully saturated rings. The molecule has 0 spiro atoms. The van der Waals surface area contributed by atoms with E-state index in [4.69, 9.17) is 4.74 Å². The molecule has 110 valence electrons. The normalized spacial score (nSPS) is 15.1. The van der Waals surface area contributed by atoms with E-state index in [2.05, 4.69) is 4.98 Å². The Bertz CT molecular complexity index is 507. The van der Waals surface area contributed by atoms with Gasteiger partial charge in [0, 0.05) is 17.8 Å². The summed E-state index contributed by atoms with van der Waals surface area (Å²) in [4.78, 5) is 17.6. The number of carbonyl (C=O) groups excluding carboxylic acids is 1. The maximum absolute atomic E-state index is 13.2. The first-order valence-electron chi connectivity index (χ1n) is 6.87. The van der Waals surface area contributed by atoms with Crippen LogP contribution in [0.2, 0.25) is 0 Å². The van der Waals surface area contributed by atoms with Crippen molar-refractivity contribution in [3.8, 4) is 0 Å². The quantitative estimate of drug-likeness (QED) is 0.797. The first-order chi connectivity index (χ1) is 9.26. The van der Waals surface area contributed by atoms with Gasteiger partial charge in [0.15, 0.2) is 0 Å². The van der Waals surface area contributed by atoms with Crippen LogP contribution in [0.4, 0.5) is 9.18 Å². The lowest BCUT2D eigenvalue weighted by atomic mass is 10.2. The molecule has 2 rings (SSSR count). The third-order valence-corrected chi connectivity index (χ3v) is 3.04. The van der Waals surface area contributed by atoms with Gasteiger partial charge in [-0.15, -0.1) is 0 Å². The Morgan fingerprint density at radius 1 is 1.50 bits per heavy atom. The maximum Gasteiger partial charge on any atom is 0.410 e. The number of aromatic nitrogens is 1. The summed E-state index contributed by atoms with van der Waals surface area (Å²) in [5.41, 5.74) is 0.797.